The van der Waals surface area contributed by atoms with E-state index >= 15 is 0 Å². The zero-order valence-corrected chi connectivity index (χ0v) is 12.9. The minimum absolute atomic E-state index is 0.0386. The maximum Gasteiger partial charge on any atom is 0.306 e. The van der Waals surface area contributed by atoms with Crippen LogP contribution in [0, 0.1) is 11.8 Å². The number of carbonyl (C=O) groups excluding carboxylic acids is 1. The highest BCUT2D eigenvalue weighted by molar-refractivity contribution is 7.88. The van der Waals surface area contributed by atoms with E-state index in [2.05, 4.69) is 4.72 Å². The van der Waals surface area contributed by atoms with E-state index in [1.165, 1.54) is 0 Å². The highest BCUT2D eigenvalue weighted by atomic mass is 32.2. The molecule has 0 aromatic heterocycles. The summed E-state index contributed by atoms with van der Waals surface area (Å²) in [6.45, 7) is 0.968. The largest absolute Gasteiger partial charge is 0.481 e. The number of nitrogens with one attached hydrogen (secondary N) is 1. The lowest BCUT2D eigenvalue weighted by Gasteiger charge is -2.28. The van der Waals surface area contributed by atoms with Gasteiger partial charge in [0.05, 0.1) is 12.2 Å². The Bertz CT molecular complexity index is 511. The molecule has 21 heavy (non-hydrogen) atoms. The zero-order chi connectivity index (χ0) is 15.6. The molecule has 0 spiro atoms. The third-order valence-electron chi connectivity index (χ3n) is 4.31. The molecule has 0 aromatic carbocycles. The second kappa shape index (κ2) is 6.31. The lowest BCUT2D eigenvalue weighted by atomic mass is 9.81. The quantitative estimate of drug-likeness (QED) is 0.761. The number of carboxylic acids is 1. The molecule has 0 radical (unpaired) electrons. The molecule has 0 aromatic rings. The highest BCUT2D eigenvalue weighted by Gasteiger charge is 2.35. The number of carbonyl (C=O) groups is 2. The van der Waals surface area contributed by atoms with Gasteiger partial charge in [-0.2, -0.15) is 0 Å². The van der Waals surface area contributed by atoms with Gasteiger partial charge in [-0.15, -0.1) is 0 Å². The number of hydrogen-bond donors (Lipinski definition) is 2. The Kier molecular flexibility index (Phi) is 4.88. The number of likely N-dealkylation sites (tertiary alicyclic amines) is 1. The summed E-state index contributed by atoms with van der Waals surface area (Å²) in [5.74, 6) is -1.18. The van der Waals surface area contributed by atoms with E-state index in [1.807, 2.05) is 0 Å². The monoisotopic (exact) mass is 318 g/mol. The molecule has 2 rings (SSSR count). The Morgan fingerprint density at radius 2 is 1.67 bits per heavy atom. The van der Waals surface area contributed by atoms with Gasteiger partial charge >= 0.3 is 5.97 Å². The molecular formula is C13H22N2O5S. The van der Waals surface area contributed by atoms with Gasteiger partial charge in [0.25, 0.3) is 0 Å². The van der Waals surface area contributed by atoms with Crippen molar-refractivity contribution >= 4 is 21.9 Å². The summed E-state index contributed by atoms with van der Waals surface area (Å²) in [6, 6.07) is -0.209. The average molecular weight is 318 g/mol. The molecule has 2 aliphatic rings. The molecule has 1 saturated carbocycles. The second-order valence-corrected chi connectivity index (χ2v) is 7.83. The van der Waals surface area contributed by atoms with E-state index in [0.717, 1.165) is 6.26 Å². The number of hydrogen-bond acceptors (Lipinski definition) is 4. The fourth-order valence-corrected chi connectivity index (χ4v) is 4.00. The summed E-state index contributed by atoms with van der Waals surface area (Å²) >= 11 is 0. The molecule has 1 heterocycles. The standard InChI is InChI=1S/C13H22N2O5S/c1-21(19,20)14-11-6-7-15(8-11)12(16)9-2-4-10(5-3-9)13(17)18/h9-11,14H,2-8H2,1H3,(H,17,18). The summed E-state index contributed by atoms with van der Waals surface area (Å²) in [5, 5.41) is 8.96. The number of rotatable bonds is 4. The summed E-state index contributed by atoms with van der Waals surface area (Å²) < 4.78 is 24.9. The van der Waals surface area contributed by atoms with Gasteiger partial charge in [0.2, 0.25) is 15.9 Å². The van der Waals surface area contributed by atoms with Crippen LogP contribution >= 0.6 is 0 Å². The van der Waals surface area contributed by atoms with Gasteiger partial charge in [-0.05, 0) is 32.1 Å². The molecule has 8 heteroatoms. The van der Waals surface area contributed by atoms with Crippen LogP contribution in [0.25, 0.3) is 0 Å². The third kappa shape index (κ3) is 4.41. The molecule has 1 unspecified atom stereocenters. The summed E-state index contributed by atoms with van der Waals surface area (Å²) in [5.41, 5.74) is 0. The fourth-order valence-electron chi connectivity index (χ4n) is 3.20. The van der Waals surface area contributed by atoms with E-state index in [4.69, 9.17) is 5.11 Å². The number of nitrogens with zero attached hydrogens (tertiary/aromatic N) is 1. The fraction of sp³-hybridized carbons (Fsp3) is 0.846. The van der Waals surface area contributed by atoms with Gasteiger partial charge in [-0.25, -0.2) is 13.1 Å². The van der Waals surface area contributed by atoms with Crippen LogP contribution in [0.1, 0.15) is 32.1 Å². The first kappa shape index (κ1) is 16.2. The SMILES string of the molecule is CS(=O)(=O)NC1CCN(C(=O)C2CCC(C(=O)O)CC2)C1. The first-order chi connectivity index (χ1) is 9.76. The van der Waals surface area contributed by atoms with Gasteiger partial charge in [-0.1, -0.05) is 0 Å². The Morgan fingerprint density at radius 1 is 1.10 bits per heavy atom. The number of carboxylic acid groups (broad SMARTS) is 1. The first-order valence-corrected chi connectivity index (χ1v) is 9.14. The Balaban J connectivity index is 1.84. The van der Waals surface area contributed by atoms with E-state index < -0.39 is 16.0 Å². The lowest BCUT2D eigenvalue weighted by Crippen LogP contribution is -2.40. The predicted octanol–water partition coefficient (Wildman–Crippen LogP) is 0.0275. The lowest BCUT2D eigenvalue weighted by molar-refractivity contribution is -0.145. The van der Waals surface area contributed by atoms with E-state index in [0.29, 0.717) is 45.2 Å². The first-order valence-electron chi connectivity index (χ1n) is 7.25. The molecule has 1 aliphatic carbocycles. The molecule has 0 bridgehead atoms. The summed E-state index contributed by atoms with van der Waals surface area (Å²) in [6.07, 6.45) is 4.05. The normalized spacial score (nSPS) is 30.3. The van der Waals surface area contributed by atoms with Crippen molar-refractivity contribution in [3.8, 4) is 0 Å². The Labute approximate surface area is 124 Å². The van der Waals surface area contributed by atoms with Crippen LogP contribution in [0.4, 0.5) is 0 Å². The molecule has 120 valence electrons. The molecular weight excluding hydrogens is 296 g/mol. The summed E-state index contributed by atoms with van der Waals surface area (Å²) in [7, 11) is -3.25. The van der Waals surface area contributed by atoms with Crippen LogP contribution in [-0.2, 0) is 19.6 Å². The van der Waals surface area contributed by atoms with Crippen LogP contribution in [0.15, 0.2) is 0 Å². The zero-order valence-electron chi connectivity index (χ0n) is 12.1. The number of aliphatic carboxylic acids is 1. The topological polar surface area (TPSA) is 104 Å². The maximum absolute atomic E-state index is 12.4. The predicted molar refractivity (Wildman–Crippen MR) is 76.0 cm³/mol. The van der Waals surface area contributed by atoms with Gasteiger partial charge in [-0.3, -0.25) is 9.59 Å². The van der Waals surface area contributed by atoms with Crippen molar-refractivity contribution in [1.82, 2.24) is 9.62 Å². The molecule has 1 aliphatic heterocycles. The van der Waals surface area contributed by atoms with Crippen LogP contribution in [-0.4, -0.2) is 55.7 Å². The van der Waals surface area contributed by atoms with Crippen molar-refractivity contribution in [2.75, 3.05) is 19.3 Å². The molecule has 1 amide bonds. The van der Waals surface area contributed by atoms with Gasteiger partial charge in [0, 0.05) is 25.0 Å². The van der Waals surface area contributed by atoms with E-state index in [1.54, 1.807) is 4.90 Å². The molecule has 7 nitrogen and oxygen atoms in total. The molecule has 1 saturated heterocycles. The smallest absolute Gasteiger partial charge is 0.306 e. The molecule has 1 atom stereocenters. The average Bonchev–Trinajstić information content (AvgIpc) is 2.84. The maximum atomic E-state index is 12.4. The van der Waals surface area contributed by atoms with Crippen LogP contribution in [0.3, 0.4) is 0 Å². The van der Waals surface area contributed by atoms with Gasteiger partial charge < -0.3 is 10.0 Å². The summed E-state index contributed by atoms with van der Waals surface area (Å²) in [4.78, 5) is 25.0. The van der Waals surface area contributed by atoms with Crippen molar-refractivity contribution in [3.63, 3.8) is 0 Å². The number of amides is 1. The van der Waals surface area contributed by atoms with Gasteiger partial charge in [0.15, 0.2) is 0 Å². The molecule has 2 fully saturated rings. The van der Waals surface area contributed by atoms with E-state index in [-0.39, 0.29) is 23.8 Å². The second-order valence-electron chi connectivity index (χ2n) is 6.05. The number of sulfonamides is 1. The van der Waals surface area contributed by atoms with Crippen molar-refractivity contribution < 1.29 is 23.1 Å². The van der Waals surface area contributed by atoms with Crippen molar-refractivity contribution in [2.24, 2.45) is 11.8 Å². The van der Waals surface area contributed by atoms with Crippen molar-refractivity contribution in [2.45, 2.75) is 38.1 Å². The van der Waals surface area contributed by atoms with Crippen LogP contribution in [0.2, 0.25) is 0 Å². The minimum atomic E-state index is -3.25. The van der Waals surface area contributed by atoms with Crippen LogP contribution < -0.4 is 4.72 Å². The highest BCUT2D eigenvalue weighted by Crippen LogP contribution is 2.31. The van der Waals surface area contributed by atoms with Crippen LogP contribution in [0.5, 0.6) is 0 Å². The van der Waals surface area contributed by atoms with Crippen molar-refractivity contribution in [1.29, 1.82) is 0 Å². The van der Waals surface area contributed by atoms with Crippen molar-refractivity contribution in [3.05, 3.63) is 0 Å². The van der Waals surface area contributed by atoms with E-state index in [9.17, 15) is 18.0 Å². The Hall–Kier alpha value is -1.15. The van der Waals surface area contributed by atoms with Gasteiger partial charge in [0.1, 0.15) is 0 Å². The minimum Gasteiger partial charge on any atom is -0.481 e. The third-order valence-corrected chi connectivity index (χ3v) is 5.07. The Morgan fingerprint density at radius 3 is 2.19 bits per heavy atom. The molecule has 2 N–H and O–H groups in total.